The highest BCUT2D eigenvalue weighted by atomic mass is 19.1. The summed E-state index contributed by atoms with van der Waals surface area (Å²) in [6.07, 6.45) is 4.90. The molecular formula is C14H21FN2. The van der Waals surface area contributed by atoms with Gasteiger partial charge in [0.25, 0.3) is 0 Å². The van der Waals surface area contributed by atoms with Gasteiger partial charge in [0.2, 0.25) is 0 Å². The first kappa shape index (κ1) is 12.5. The summed E-state index contributed by atoms with van der Waals surface area (Å²) in [5, 5.41) is 3.46. The van der Waals surface area contributed by atoms with E-state index in [4.69, 9.17) is 5.73 Å². The summed E-state index contributed by atoms with van der Waals surface area (Å²) in [6, 6.07) is 7.40. The van der Waals surface area contributed by atoms with Crippen LogP contribution in [0.25, 0.3) is 0 Å². The van der Waals surface area contributed by atoms with Crippen molar-refractivity contribution in [1.29, 1.82) is 0 Å². The van der Waals surface area contributed by atoms with Crippen molar-refractivity contribution < 1.29 is 4.39 Å². The molecule has 0 radical (unpaired) electrons. The maximum absolute atomic E-state index is 13.5. The molecule has 1 aliphatic carbocycles. The predicted molar refractivity (Wildman–Crippen MR) is 68.0 cm³/mol. The highest BCUT2D eigenvalue weighted by Gasteiger charge is 2.23. The molecule has 3 N–H and O–H groups in total. The lowest BCUT2D eigenvalue weighted by molar-refractivity contribution is 0.266. The maximum atomic E-state index is 13.5. The molecule has 3 heteroatoms. The minimum atomic E-state index is -0.125. The van der Waals surface area contributed by atoms with Gasteiger partial charge in [0.1, 0.15) is 5.82 Å². The van der Waals surface area contributed by atoms with Gasteiger partial charge in [0.15, 0.2) is 0 Å². The minimum absolute atomic E-state index is 0.125. The number of benzene rings is 1. The topological polar surface area (TPSA) is 38.0 Å². The average molecular weight is 236 g/mol. The Morgan fingerprint density at radius 2 is 2.00 bits per heavy atom. The second-order valence-corrected chi connectivity index (χ2v) is 4.86. The Labute approximate surface area is 102 Å². The standard InChI is InChI=1S/C14H21FN2/c15-13-7-3-1-6-12(13)10-17-14-8-4-2-5-11(14)9-16/h1,3,6-7,11,14,17H,2,4-5,8-10,16H2. The monoisotopic (exact) mass is 236 g/mol. The lowest BCUT2D eigenvalue weighted by Crippen LogP contribution is -2.41. The second kappa shape index (κ2) is 6.12. The van der Waals surface area contributed by atoms with Crippen LogP contribution in [-0.4, -0.2) is 12.6 Å². The first-order valence-corrected chi connectivity index (χ1v) is 6.48. The van der Waals surface area contributed by atoms with E-state index in [-0.39, 0.29) is 5.82 Å². The van der Waals surface area contributed by atoms with Gasteiger partial charge in [-0.15, -0.1) is 0 Å². The molecule has 0 aliphatic heterocycles. The summed E-state index contributed by atoms with van der Waals surface area (Å²) in [5.74, 6) is 0.427. The zero-order valence-corrected chi connectivity index (χ0v) is 10.2. The van der Waals surface area contributed by atoms with E-state index in [9.17, 15) is 4.39 Å². The van der Waals surface area contributed by atoms with Crippen molar-refractivity contribution >= 4 is 0 Å². The van der Waals surface area contributed by atoms with Crippen molar-refractivity contribution in [2.24, 2.45) is 11.7 Å². The fourth-order valence-corrected chi connectivity index (χ4v) is 2.64. The van der Waals surface area contributed by atoms with E-state index in [1.807, 2.05) is 12.1 Å². The highest BCUT2D eigenvalue weighted by Crippen LogP contribution is 2.23. The summed E-state index contributed by atoms with van der Waals surface area (Å²) >= 11 is 0. The van der Waals surface area contributed by atoms with Crippen molar-refractivity contribution in [2.45, 2.75) is 38.3 Å². The Hall–Kier alpha value is -0.930. The number of nitrogens with one attached hydrogen (secondary N) is 1. The van der Waals surface area contributed by atoms with Crippen LogP contribution in [0.4, 0.5) is 4.39 Å². The molecule has 0 heterocycles. The Balaban J connectivity index is 1.90. The Morgan fingerprint density at radius 3 is 2.76 bits per heavy atom. The summed E-state index contributed by atoms with van der Waals surface area (Å²) in [5.41, 5.74) is 6.52. The molecule has 1 aliphatic rings. The van der Waals surface area contributed by atoms with Crippen LogP contribution in [0.15, 0.2) is 24.3 Å². The third-order valence-corrected chi connectivity index (χ3v) is 3.72. The van der Waals surface area contributed by atoms with Crippen molar-refractivity contribution in [3.8, 4) is 0 Å². The van der Waals surface area contributed by atoms with Crippen molar-refractivity contribution in [3.63, 3.8) is 0 Å². The van der Waals surface area contributed by atoms with Crippen LogP contribution in [0, 0.1) is 11.7 Å². The van der Waals surface area contributed by atoms with E-state index in [1.165, 1.54) is 25.3 Å². The lowest BCUT2D eigenvalue weighted by Gasteiger charge is -2.31. The maximum Gasteiger partial charge on any atom is 0.127 e. The molecule has 0 bridgehead atoms. The molecule has 0 amide bonds. The van der Waals surface area contributed by atoms with E-state index in [1.54, 1.807) is 6.07 Å². The van der Waals surface area contributed by atoms with Gasteiger partial charge in [-0.1, -0.05) is 31.0 Å². The van der Waals surface area contributed by atoms with Gasteiger partial charge in [-0.25, -0.2) is 4.39 Å². The number of nitrogens with two attached hydrogens (primary N) is 1. The van der Waals surface area contributed by atoms with E-state index in [0.717, 1.165) is 18.5 Å². The minimum Gasteiger partial charge on any atom is -0.330 e. The Kier molecular flexibility index (Phi) is 4.51. The van der Waals surface area contributed by atoms with Crippen molar-refractivity contribution in [2.75, 3.05) is 6.54 Å². The van der Waals surface area contributed by atoms with Crippen LogP contribution in [0.3, 0.4) is 0 Å². The molecule has 1 fully saturated rings. The van der Waals surface area contributed by atoms with Crippen molar-refractivity contribution in [1.82, 2.24) is 5.32 Å². The zero-order valence-electron chi connectivity index (χ0n) is 10.2. The molecular weight excluding hydrogens is 215 g/mol. The first-order valence-electron chi connectivity index (χ1n) is 6.48. The number of rotatable bonds is 4. The molecule has 94 valence electrons. The van der Waals surface area contributed by atoms with E-state index in [2.05, 4.69) is 5.32 Å². The van der Waals surface area contributed by atoms with Crippen LogP contribution >= 0.6 is 0 Å². The number of halogens is 1. The fourth-order valence-electron chi connectivity index (χ4n) is 2.64. The van der Waals surface area contributed by atoms with E-state index >= 15 is 0 Å². The molecule has 2 rings (SSSR count). The van der Waals surface area contributed by atoms with Crippen LogP contribution in [0.5, 0.6) is 0 Å². The van der Waals surface area contributed by atoms with Gasteiger partial charge in [0.05, 0.1) is 0 Å². The van der Waals surface area contributed by atoms with Crippen LogP contribution < -0.4 is 11.1 Å². The molecule has 0 aromatic heterocycles. The Morgan fingerprint density at radius 1 is 1.24 bits per heavy atom. The molecule has 0 spiro atoms. The molecule has 2 nitrogen and oxygen atoms in total. The normalized spacial score (nSPS) is 24.8. The molecule has 2 unspecified atom stereocenters. The van der Waals surface area contributed by atoms with Gasteiger partial charge in [-0.05, 0) is 31.4 Å². The molecule has 17 heavy (non-hydrogen) atoms. The molecule has 1 saturated carbocycles. The van der Waals surface area contributed by atoms with Gasteiger partial charge < -0.3 is 11.1 Å². The summed E-state index contributed by atoms with van der Waals surface area (Å²) in [4.78, 5) is 0. The lowest BCUT2D eigenvalue weighted by atomic mass is 9.84. The molecule has 1 aromatic carbocycles. The molecule has 0 saturated heterocycles. The number of hydrogen-bond donors (Lipinski definition) is 2. The molecule has 2 atom stereocenters. The van der Waals surface area contributed by atoms with E-state index in [0.29, 0.717) is 18.5 Å². The zero-order chi connectivity index (χ0) is 12.1. The molecule has 1 aromatic rings. The average Bonchev–Trinajstić information content (AvgIpc) is 2.38. The smallest absolute Gasteiger partial charge is 0.127 e. The van der Waals surface area contributed by atoms with Gasteiger partial charge in [0, 0.05) is 18.2 Å². The first-order chi connectivity index (χ1) is 8.31. The summed E-state index contributed by atoms with van der Waals surface area (Å²) in [6.45, 7) is 1.34. The second-order valence-electron chi connectivity index (χ2n) is 4.86. The third kappa shape index (κ3) is 3.27. The SMILES string of the molecule is NCC1CCCCC1NCc1ccccc1F. The quantitative estimate of drug-likeness (QED) is 0.842. The van der Waals surface area contributed by atoms with Gasteiger partial charge in [-0.3, -0.25) is 0 Å². The number of hydrogen-bond acceptors (Lipinski definition) is 2. The van der Waals surface area contributed by atoms with Crippen LogP contribution in [0.1, 0.15) is 31.2 Å². The largest absolute Gasteiger partial charge is 0.330 e. The Bertz CT molecular complexity index is 354. The van der Waals surface area contributed by atoms with E-state index < -0.39 is 0 Å². The van der Waals surface area contributed by atoms with Crippen molar-refractivity contribution in [3.05, 3.63) is 35.6 Å². The third-order valence-electron chi connectivity index (χ3n) is 3.72. The fraction of sp³-hybridized carbons (Fsp3) is 0.571. The predicted octanol–water partition coefficient (Wildman–Crippen LogP) is 2.43. The summed E-state index contributed by atoms with van der Waals surface area (Å²) < 4.78 is 13.5. The van der Waals surface area contributed by atoms with Crippen LogP contribution in [-0.2, 0) is 6.54 Å². The summed E-state index contributed by atoms with van der Waals surface area (Å²) in [7, 11) is 0. The van der Waals surface area contributed by atoms with Gasteiger partial charge >= 0.3 is 0 Å². The van der Waals surface area contributed by atoms with Crippen LogP contribution in [0.2, 0.25) is 0 Å². The highest BCUT2D eigenvalue weighted by molar-refractivity contribution is 5.17. The van der Waals surface area contributed by atoms with Gasteiger partial charge in [-0.2, -0.15) is 0 Å².